The maximum Gasteiger partial charge on any atom is 0.344 e. The first kappa shape index (κ1) is 19.1. The molecule has 0 N–H and O–H groups in total. The number of aryl methyl sites for hydroxylation is 1. The van der Waals surface area contributed by atoms with Gasteiger partial charge in [0.25, 0.3) is 0 Å². The van der Waals surface area contributed by atoms with Crippen LogP contribution in [-0.2, 0) is 11.3 Å². The van der Waals surface area contributed by atoms with Crippen LogP contribution >= 0.6 is 11.6 Å². The van der Waals surface area contributed by atoms with Crippen molar-refractivity contribution < 1.29 is 23.0 Å². The van der Waals surface area contributed by atoms with E-state index in [2.05, 4.69) is 10.3 Å². The molecule has 3 aromatic heterocycles. The average Bonchev–Trinajstić information content (AvgIpc) is 3.50. The standard InChI is InChI=1S/C23H15ClN2O5/c1-13-21(22(26-30-13)16-7-3-4-8-17(16)24)23(27)28-12-15-11-20(31-25-15)19-10-14-6-2-5-9-18(14)29-19/h2-11H,12H2,1H3. The Balaban J connectivity index is 1.34. The van der Waals surface area contributed by atoms with E-state index in [-0.39, 0.29) is 12.2 Å². The van der Waals surface area contributed by atoms with E-state index in [9.17, 15) is 4.79 Å². The molecule has 0 fully saturated rings. The monoisotopic (exact) mass is 434 g/mol. The Morgan fingerprint density at radius 3 is 2.65 bits per heavy atom. The summed E-state index contributed by atoms with van der Waals surface area (Å²) in [5.74, 6) is 0.729. The van der Waals surface area contributed by atoms with Crippen molar-refractivity contribution in [2.45, 2.75) is 13.5 Å². The quantitative estimate of drug-likeness (QED) is 0.310. The van der Waals surface area contributed by atoms with Gasteiger partial charge in [-0.15, -0.1) is 0 Å². The van der Waals surface area contributed by atoms with Gasteiger partial charge in [0.2, 0.25) is 5.76 Å². The SMILES string of the molecule is Cc1onc(-c2ccccc2Cl)c1C(=O)OCc1cc(-c2cc3ccccc3o2)on1. The Morgan fingerprint density at radius 1 is 1.00 bits per heavy atom. The third-order valence-electron chi connectivity index (χ3n) is 4.77. The summed E-state index contributed by atoms with van der Waals surface area (Å²) < 4.78 is 21.8. The normalized spacial score (nSPS) is 11.2. The molecule has 0 atom stereocenters. The van der Waals surface area contributed by atoms with Crippen LogP contribution in [-0.4, -0.2) is 16.3 Å². The van der Waals surface area contributed by atoms with Gasteiger partial charge in [-0.3, -0.25) is 0 Å². The van der Waals surface area contributed by atoms with Crippen LogP contribution < -0.4 is 0 Å². The third kappa shape index (κ3) is 3.60. The minimum atomic E-state index is -0.595. The molecule has 0 aliphatic carbocycles. The number of furan rings is 1. The number of ether oxygens (including phenoxy) is 1. The maximum absolute atomic E-state index is 12.8. The van der Waals surface area contributed by atoms with Crippen molar-refractivity contribution >= 4 is 28.5 Å². The number of fused-ring (bicyclic) bond motifs is 1. The summed E-state index contributed by atoms with van der Waals surface area (Å²) in [5.41, 5.74) is 2.32. The van der Waals surface area contributed by atoms with Crippen LogP contribution in [0.4, 0.5) is 0 Å². The smallest absolute Gasteiger partial charge is 0.344 e. The zero-order valence-electron chi connectivity index (χ0n) is 16.3. The molecule has 0 radical (unpaired) electrons. The number of rotatable bonds is 5. The van der Waals surface area contributed by atoms with Crippen LogP contribution in [0.3, 0.4) is 0 Å². The zero-order chi connectivity index (χ0) is 21.4. The number of hydrogen-bond donors (Lipinski definition) is 0. The van der Waals surface area contributed by atoms with Gasteiger partial charge in [-0.2, -0.15) is 0 Å². The van der Waals surface area contributed by atoms with Crippen LogP contribution in [0, 0.1) is 6.92 Å². The van der Waals surface area contributed by atoms with E-state index in [4.69, 9.17) is 29.8 Å². The van der Waals surface area contributed by atoms with E-state index in [0.29, 0.717) is 39.3 Å². The molecule has 5 aromatic rings. The van der Waals surface area contributed by atoms with Crippen LogP contribution in [0.1, 0.15) is 21.8 Å². The number of para-hydroxylation sites is 1. The lowest BCUT2D eigenvalue weighted by Crippen LogP contribution is -2.07. The Kier molecular flexibility index (Phi) is 4.80. The van der Waals surface area contributed by atoms with Crippen molar-refractivity contribution in [3.63, 3.8) is 0 Å². The summed E-state index contributed by atoms with van der Waals surface area (Å²) in [5, 5.41) is 9.35. The number of benzene rings is 2. The molecule has 7 nitrogen and oxygen atoms in total. The van der Waals surface area contributed by atoms with E-state index in [1.54, 1.807) is 37.3 Å². The summed E-state index contributed by atoms with van der Waals surface area (Å²) in [4.78, 5) is 12.8. The average molecular weight is 435 g/mol. The van der Waals surface area contributed by atoms with Crippen LogP contribution in [0.2, 0.25) is 5.02 Å². The number of carbonyl (C=O) groups is 1. The molecule has 0 unspecified atom stereocenters. The number of halogens is 1. The number of hydrogen-bond acceptors (Lipinski definition) is 7. The highest BCUT2D eigenvalue weighted by Crippen LogP contribution is 2.32. The molecule has 0 saturated carbocycles. The Labute approximate surface area is 181 Å². The molecule has 3 heterocycles. The van der Waals surface area contributed by atoms with Crippen LogP contribution in [0.15, 0.2) is 74.1 Å². The Bertz CT molecular complexity index is 1370. The summed E-state index contributed by atoms with van der Waals surface area (Å²) in [6, 6.07) is 18.2. The second-order valence-corrected chi connectivity index (χ2v) is 7.26. The summed E-state index contributed by atoms with van der Waals surface area (Å²) in [6.07, 6.45) is 0. The topological polar surface area (TPSA) is 91.5 Å². The lowest BCUT2D eigenvalue weighted by Gasteiger charge is -2.04. The lowest BCUT2D eigenvalue weighted by atomic mass is 10.1. The van der Waals surface area contributed by atoms with Crippen molar-refractivity contribution in [2.24, 2.45) is 0 Å². The molecular formula is C23H15ClN2O5. The molecule has 8 heteroatoms. The van der Waals surface area contributed by atoms with Crippen molar-refractivity contribution in [3.8, 4) is 22.8 Å². The van der Waals surface area contributed by atoms with Gasteiger partial charge in [0.15, 0.2) is 5.76 Å². The van der Waals surface area contributed by atoms with E-state index < -0.39 is 5.97 Å². The molecular weight excluding hydrogens is 420 g/mol. The lowest BCUT2D eigenvalue weighted by molar-refractivity contribution is 0.0463. The minimum absolute atomic E-state index is 0.0882. The largest absolute Gasteiger partial charge is 0.455 e. The van der Waals surface area contributed by atoms with E-state index in [1.807, 2.05) is 30.3 Å². The van der Waals surface area contributed by atoms with Gasteiger partial charge in [0.1, 0.15) is 34.9 Å². The molecule has 2 aromatic carbocycles. The zero-order valence-corrected chi connectivity index (χ0v) is 17.1. The summed E-state index contributed by atoms with van der Waals surface area (Å²) in [7, 11) is 0. The molecule has 0 saturated heterocycles. The van der Waals surface area contributed by atoms with Crippen molar-refractivity contribution in [2.75, 3.05) is 0 Å². The van der Waals surface area contributed by atoms with Gasteiger partial charge in [-0.25, -0.2) is 4.79 Å². The van der Waals surface area contributed by atoms with Crippen LogP contribution in [0.5, 0.6) is 0 Å². The van der Waals surface area contributed by atoms with Gasteiger partial charge in [0.05, 0.1) is 5.02 Å². The van der Waals surface area contributed by atoms with E-state index >= 15 is 0 Å². The second kappa shape index (κ2) is 7.77. The molecule has 0 aliphatic heterocycles. The van der Waals surface area contributed by atoms with E-state index in [0.717, 1.165) is 11.0 Å². The predicted octanol–water partition coefficient (Wildman–Crippen LogP) is 6.06. The first-order valence-corrected chi connectivity index (χ1v) is 9.81. The maximum atomic E-state index is 12.8. The fourth-order valence-corrected chi connectivity index (χ4v) is 3.49. The minimum Gasteiger partial charge on any atom is -0.455 e. The molecule has 5 rings (SSSR count). The first-order chi connectivity index (χ1) is 15.1. The highest BCUT2D eigenvalue weighted by atomic mass is 35.5. The highest BCUT2D eigenvalue weighted by Gasteiger charge is 2.25. The van der Waals surface area contributed by atoms with Crippen molar-refractivity contribution in [3.05, 3.63) is 82.7 Å². The van der Waals surface area contributed by atoms with Crippen molar-refractivity contribution in [1.29, 1.82) is 0 Å². The van der Waals surface area contributed by atoms with Gasteiger partial charge in [0, 0.05) is 17.0 Å². The third-order valence-corrected chi connectivity index (χ3v) is 5.10. The van der Waals surface area contributed by atoms with Crippen molar-refractivity contribution in [1.82, 2.24) is 10.3 Å². The Hall–Kier alpha value is -3.84. The van der Waals surface area contributed by atoms with Crippen LogP contribution in [0.25, 0.3) is 33.7 Å². The first-order valence-electron chi connectivity index (χ1n) is 9.43. The molecule has 0 spiro atoms. The fraction of sp³-hybridized carbons (Fsp3) is 0.0870. The number of carbonyl (C=O) groups excluding carboxylic acids is 1. The molecule has 154 valence electrons. The number of aromatic nitrogens is 2. The predicted molar refractivity (Wildman–Crippen MR) is 113 cm³/mol. The summed E-state index contributed by atoms with van der Waals surface area (Å²) in [6.45, 7) is 1.55. The van der Waals surface area contributed by atoms with Gasteiger partial charge < -0.3 is 18.2 Å². The van der Waals surface area contributed by atoms with Gasteiger partial charge in [-0.05, 0) is 25.1 Å². The molecule has 0 aliphatic rings. The number of nitrogens with zero attached hydrogens (tertiary/aromatic N) is 2. The summed E-state index contributed by atoms with van der Waals surface area (Å²) >= 11 is 6.24. The molecule has 0 bridgehead atoms. The number of esters is 1. The second-order valence-electron chi connectivity index (χ2n) is 6.85. The van der Waals surface area contributed by atoms with Gasteiger partial charge >= 0.3 is 5.97 Å². The van der Waals surface area contributed by atoms with Gasteiger partial charge in [-0.1, -0.05) is 58.3 Å². The highest BCUT2D eigenvalue weighted by molar-refractivity contribution is 6.33. The molecule has 31 heavy (non-hydrogen) atoms. The van der Waals surface area contributed by atoms with E-state index in [1.165, 1.54) is 0 Å². The molecule has 0 amide bonds. The fourth-order valence-electron chi connectivity index (χ4n) is 3.26. The Morgan fingerprint density at radius 2 is 1.81 bits per heavy atom.